The lowest BCUT2D eigenvalue weighted by Gasteiger charge is -2.35. The number of amides is 2. The Kier molecular flexibility index (Phi) is 6.95. The van der Waals surface area contributed by atoms with Gasteiger partial charge >= 0.3 is 0 Å². The molecule has 0 saturated carbocycles. The van der Waals surface area contributed by atoms with Crippen molar-refractivity contribution >= 4 is 40.5 Å². The summed E-state index contributed by atoms with van der Waals surface area (Å²) in [6.07, 6.45) is 0.130. The molecule has 33 heavy (non-hydrogen) atoms. The van der Waals surface area contributed by atoms with Crippen LogP contribution in [-0.2, 0) is 9.59 Å². The van der Waals surface area contributed by atoms with Crippen molar-refractivity contribution in [2.45, 2.75) is 6.42 Å². The Bertz CT molecular complexity index is 1040. The van der Waals surface area contributed by atoms with Gasteiger partial charge in [-0.25, -0.2) is 0 Å². The summed E-state index contributed by atoms with van der Waals surface area (Å²) in [5, 5.41) is 3.58. The Morgan fingerprint density at radius 3 is 2.45 bits per heavy atom. The minimum Gasteiger partial charge on any atom is -0.497 e. The number of nitrogens with zero attached hydrogens (tertiary/aromatic N) is 3. The maximum absolute atomic E-state index is 13.2. The number of anilines is 3. The zero-order valence-corrected chi connectivity index (χ0v) is 19.9. The van der Waals surface area contributed by atoms with E-state index in [0.29, 0.717) is 27.9 Å². The van der Waals surface area contributed by atoms with Crippen molar-refractivity contribution in [3.05, 3.63) is 41.4 Å². The second-order valence-electron chi connectivity index (χ2n) is 8.38. The van der Waals surface area contributed by atoms with Crippen molar-refractivity contribution in [3.8, 4) is 11.5 Å². The Hall–Kier alpha value is -2.97. The first-order valence-electron chi connectivity index (χ1n) is 11.0. The zero-order valence-electron chi connectivity index (χ0n) is 19.1. The van der Waals surface area contributed by atoms with Crippen molar-refractivity contribution in [1.29, 1.82) is 0 Å². The van der Waals surface area contributed by atoms with Gasteiger partial charge in [0.05, 0.1) is 37.2 Å². The van der Waals surface area contributed by atoms with Crippen LogP contribution >= 0.6 is 11.6 Å². The summed E-state index contributed by atoms with van der Waals surface area (Å²) in [5.41, 5.74) is 2.24. The lowest BCUT2D eigenvalue weighted by Crippen LogP contribution is -2.44. The van der Waals surface area contributed by atoms with Gasteiger partial charge in [-0.15, -0.1) is 0 Å². The number of ether oxygens (including phenoxy) is 2. The zero-order chi connectivity index (χ0) is 23.5. The summed E-state index contributed by atoms with van der Waals surface area (Å²) in [6.45, 7) is 3.91. The van der Waals surface area contributed by atoms with E-state index >= 15 is 0 Å². The second kappa shape index (κ2) is 9.89. The molecule has 0 radical (unpaired) electrons. The molecule has 2 aliphatic rings. The average molecular weight is 473 g/mol. The summed E-state index contributed by atoms with van der Waals surface area (Å²) in [4.78, 5) is 32.1. The largest absolute Gasteiger partial charge is 0.497 e. The summed E-state index contributed by atoms with van der Waals surface area (Å²) < 4.78 is 10.7. The first kappa shape index (κ1) is 23.2. The van der Waals surface area contributed by atoms with Crippen LogP contribution < -0.4 is 24.6 Å². The number of methoxy groups -OCH3 is 2. The molecular weight excluding hydrogens is 444 g/mol. The number of carbonyl (C=O) groups excluding carboxylic acids is 2. The maximum Gasteiger partial charge on any atom is 0.229 e. The summed E-state index contributed by atoms with van der Waals surface area (Å²) in [5.74, 6) is 0.355. The first-order valence-corrected chi connectivity index (χ1v) is 11.3. The van der Waals surface area contributed by atoms with Crippen LogP contribution in [0.1, 0.15) is 6.42 Å². The highest BCUT2D eigenvalue weighted by molar-refractivity contribution is 6.31. The molecule has 0 spiro atoms. The minimum absolute atomic E-state index is 0.121. The maximum atomic E-state index is 13.2. The summed E-state index contributed by atoms with van der Waals surface area (Å²) >= 11 is 6.24. The molecule has 0 bridgehead atoms. The molecule has 2 aliphatic heterocycles. The van der Waals surface area contributed by atoms with Gasteiger partial charge in [0.2, 0.25) is 11.8 Å². The van der Waals surface area contributed by atoms with Crippen molar-refractivity contribution < 1.29 is 19.1 Å². The molecule has 0 aromatic heterocycles. The van der Waals surface area contributed by atoms with Gasteiger partial charge in [0, 0.05) is 50.2 Å². The highest BCUT2D eigenvalue weighted by atomic mass is 35.5. The molecule has 1 atom stereocenters. The fourth-order valence-electron chi connectivity index (χ4n) is 4.29. The molecule has 8 nitrogen and oxygen atoms in total. The lowest BCUT2D eigenvalue weighted by molar-refractivity contribution is -0.122. The molecule has 176 valence electrons. The van der Waals surface area contributed by atoms with Crippen LogP contribution in [0.2, 0.25) is 5.02 Å². The van der Waals surface area contributed by atoms with Crippen LogP contribution in [0.3, 0.4) is 0 Å². The smallest absolute Gasteiger partial charge is 0.229 e. The number of piperazine rings is 1. The monoisotopic (exact) mass is 472 g/mol. The van der Waals surface area contributed by atoms with E-state index in [0.717, 1.165) is 31.9 Å². The fraction of sp³-hybridized carbons (Fsp3) is 0.417. The van der Waals surface area contributed by atoms with E-state index in [1.807, 2.05) is 12.1 Å². The average Bonchev–Trinajstić information content (AvgIpc) is 3.21. The highest BCUT2D eigenvalue weighted by Gasteiger charge is 2.36. The molecule has 1 N–H and O–H groups in total. The lowest BCUT2D eigenvalue weighted by atomic mass is 10.1. The third-order valence-electron chi connectivity index (χ3n) is 6.23. The predicted octanol–water partition coefficient (Wildman–Crippen LogP) is 3.10. The number of hydrogen-bond acceptors (Lipinski definition) is 6. The molecule has 2 heterocycles. The normalized spacial score (nSPS) is 19.0. The topological polar surface area (TPSA) is 74.4 Å². The molecule has 2 fully saturated rings. The fourth-order valence-corrected chi connectivity index (χ4v) is 4.46. The summed E-state index contributed by atoms with van der Waals surface area (Å²) in [7, 11) is 5.21. The van der Waals surface area contributed by atoms with E-state index < -0.39 is 5.92 Å². The van der Waals surface area contributed by atoms with Gasteiger partial charge in [0.15, 0.2) is 0 Å². The van der Waals surface area contributed by atoms with E-state index in [1.54, 1.807) is 43.4 Å². The van der Waals surface area contributed by atoms with Crippen LogP contribution in [0.4, 0.5) is 17.1 Å². The van der Waals surface area contributed by atoms with E-state index in [9.17, 15) is 9.59 Å². The molecule has 0 aliphatic carbocycles. The van der Waals surface area contributed by atoms with Gasteiger partial charge in [0.25, 0.3) is 0 Å². The standard InChI is InChI=1S/C24H29ClN4O4/c1-27-8-10-28(11-9-27)20-6-4-17(25)13-19(20)26-24(31)16-12-23(30)29(15-16)21-7-5-18(32-2)14-22(21)33-3/h4-7,13-14,16H,8-12,15H2,1-3H3,(H,26,31)/t16-/m1/s1. The Labute approximate surface area is 199 Å². The van der Waals surface area contributed by atoms with E-state index in [-0.39, 0.29) is 24.8 Å². The van der Waals surface area contributed by atoms with Gasteiger partial charge in [-0.3, -0.25) is 9.59 Å². The molecule has 9 heteroatoms. The highest BCUT2D eigenvalue weighted by Crippen LogP contribution is 2.37. The number of halogens is 1. The number of rotatable bonds is 6. The molecule has 0 unspecified atom stereocenters. The Morgan fingerprint density at radius 2 is 1.76 bits per heavy atom. The third-order valence-corrected chi connectivity index (χ3v) is 6.47. The number of benzene rings is 2. The van der Waals surface area contributed by atoms with Crippen LogP contribution in [0, 0.1) is 5.92 Å². The molecule has 2 amide bonds. The van der Waals surface area contributed by atoms with Crippen molar-refractivity contribution in [2.75, 3.05) is 69.1 Å². The Balaban J connectivity index is 1.50. The second-order valence-corrected chi connectivity index (χ2v) is 8.82. The van der Waals surface area contributed by atoms with Crippen LogP contribution in [-0.4, -0.2) is 70.7 Å². The number of carbonyl (C=O) groups is 2. The first-order chi connectivity index (χ1) is 15.9. The van der Waals surface area contributed by atoms with Crippen molar-refractivity contribution in [3.63, 3.8) is 0 Å². The van der Waals surface area contributed by atoms with E-state index in [1.165, 1.54) is 0 Å². The molecule has 2 aromatic rings. The van der Waals surface area contributed by atoms with E-state index in [2.05, 4.69) is 22.2 Å². The van der Waals surface area contributed by atoms with Gasteiger partial charge in [-0.1, -0.05) is 11.6 Å². The Morgan fingerprint density at radius 1 is 1.03 bits per heavy atom. The number of hydrogen-bond donors (Lipinski definition) is 1. The molecule has 2 saturated heterocycles. The van der Waals surface area contributed by atoms with Crippen molar-refractivity contribution in [2.24, 2.45) is 5.92 Å². The van der Waals surface area contributed by atoms with Gasteiger partial charge in [-0.05, 0) is 37.4 Å². The summed E-state index contributed by atoms with van der Waals surface area (Å²) in [6, 6.07) is 10.8. The van der Waals surface area contributed by atoms with Crippen LogP contribution in [0.25, 0.3) is 0 Å². The SMILES string of the molecule is COc1ccc(N2C[C@H](C(=O)Nc3cc(Cl)ccc3N3CCN(C)CC3)CC2=O)c(OC)c1. The van der Waals surface area contributed by atoms with E-state index in [4.69, 9.17) is 21.1 Å². The van der Waals surface area contributed by atoms with Crippen LogP contribution in [0.15, 0.2) is 36.4 Å². The van der Waals surface area contributed by atoms with Gasteiger partial charge < -0.3 is 29.5 Å². The van der Waals surface area contributed by atoms with Gasteiger partial charge in [-0.2, -0.15) is 0 Å². The van der Waals surface area contributed by atoms with Crippen molar-refractivity contribution in [1.82, 2.24) is 4.90 Å². The quantitative estimate of drug-likeness (QED) is 0.696. The minimum atomic E-state index is -0.483. The molecule has 2 aromatic carbocycles. The molecular formula is C24H29ClN4O4. The van der Waals surface area contributed by atoms with Gasteiger partial charge in [0.1, 0.15) is 11.5 Å². The third kappa shape index (κ3) is 5.02. The van der Waals surface area contributed by atoms with Crippen LogP contribution in [0.5, 0.6) is 11.5 Å². The molecule has 4 rings (SSSR count). The predicted molar refractivity (Wildman–Crippen MR) is 130 cm³/mol. The number of nitrogens with one attached hydrogen (secondary N) is 1. The number of likely N-dealkylation sites (N-methyl/N-ethyl adjacent to an activating group) is 1.